The highest BCUT2D eigenvalue weighted by atomic mass is 32.1. The molecule has 6 nitrogen and oxygen atoms in total. The normalized spacial score (nSPS) is 13.8. The Morgan fingerprint density at radius 1 is 1.19 bits per heavy atom. The van der Waals surface area contributed by atoms with Crippen molar-refractivity contribution in [3.63, 3.8) is 0 Å². The Bertz CT molecular complexity index is 1030. The minimum absolute atomic E-state index is 0.285. The number of carbonyl (C=O) groups excluding carboxylic acids is 1. The van der Waals surface area contributed by atoms with Crippen molar-refractivity contribution in [2.45, 2.75) is 6.92 Å². The maximum Gasteiger partial charge on any atom is 0.279 e. The maximum absolute atomic E-state index is 12.5. The second-order valence-corrected chi connectivity index (χ2v) is 6.79. The maximum atomic E-state index is 12.5. The van der Waals surface area contributed by atoms with Gasteiger partial charge in [-0.25, -0.2) is 0 Å². The van der Waals surface area contributed by atoms with E-state index in [0.717, 1.165) is 27.5 Å². The third-order valence-electron chi connectivity index (χ3n) is 4.08. The van der Waals surface area contributed by atoms with E-state index in [1.165, 1.54) is 11.3 Å². The fourth-order valence-corrected chi connectivity index (χ4v) is 3.81. The molecule has 1 amide bonds. The summed E-state index contributed by atoms with van der Waals surface area (Å²) in [7, 11) is 1.89. The predicted octanol–water partition coefficient (Wildman–Crippen LogP) is 3.15. The van der Waals surface area contributed by atoms with Gasteiger partial charge in [0.05, 0.1) is 16.8 Å². The zero-order chi connectivity index (χ0) is 18.1. The van der Waals surface area contributed by atoms with Crippen LogP contribution in [0.2, 0.25) is 0 Å². The molecule has 0 saturated carbocycles. The fourth-order valence-electron chi connectivity index (χ4n) is 2.78. The lowest BCUT2D eigenvalue weighted by Crippen LogP contribution is -2.15. The molecular formula is C19H18N2O4S. The van der Waals surface area contributed by atoms with Crippen molar-refractivity contribution in [3.8, 4) is 17.2 Å². The average molecular weight is 370 g/mol. The molecule has 0 fully saturated rings. The van der Waals surface area contributed by atoms with Crippen LogP contribution in [0.3, 0.4) is 0 Å². The summed E-state index contributed by atoms with van der Waals surface area (Å²) in [5, 5.41) is 0. The second kappa shape index (κ2) is 6.84. The van der Waals surface area contributed by atoms with Crippen molar-refractivity contribution in [3.05, 3.63) is 46.8 Å². The van der Waals surface area contributed by atoms with Crippen molar-refractivity contribution in [1.29, 1.82) is 0 Å². The van der Waals surface area contributed by atoms with E-state index >= 15 is 0 Å². The number of hydrogen-bond donors (Lipinski definition) is 0. The van der Waals surface area contributed by atoms with Gasteiger partial charge in [0.25, 0.3) is 5.91 Å². The van der Waals surface area contributed by atoms with Gasteiger partial charge in [-0.2, -0.15) is 4.99 Å². The number of ether oxygens (including phenoxy) is 3. The third-order valence-corrected chi connectivity index (χ3v) is 5.18. The first kappa shape index (κ1) is 16.7. The van der Waals surface area contributed by atoms with Gasteiger partial charge in [-0.15, -0.1) is 0 Å². The number of thiazole rings is 1. The molecule has 2 aromatic carbocycles. The van der Waals surface area contributed by atoms with Crippen molar-refractivity contribution in [1.82, 2.24) is 4.57 Å². The molecule has 0 bridgehead atoms. The molecule has 0 aliphatic carbocycles. The zero-order valence-corrected chi connectivity index (χ0v) is 15.3. The molecule has 0 spiro atoms. The van der Waals surface area contributed by atoms with Crippen LogP contribution in [0.5, 0.6) is 17.2 Å². The Hall–Kier alpha value is -2.80. The second-order valence-electron chi connectivity index (χ2n) is 5.78. The third kappa shape index (κ3) is 3.06. The van der Waals surface area contributed by atoms with E-state index in [9.17, 15) is 4.79 Å². The van der Waals surface area contributed by atoms with Crippen LogP contribution >= 0.6 is 11.3 Å². The summed E-state index contributed by atoms with van der Waals surface area (Å²) in [5.41, 5.74) is 1.48. The summed E-state index contributed by atoms with van der Waals surface area (Å²) in [6.45, 7) is 3.60. The Kier molecular flexibility index (Phi) is 4.38. The molecule has 134 valence electrons. The molecule has 2 heterocycles. The van der Waals surface area contributed by atoms with Gasteiger partial charge in [0.2, 0.25) is 0 Å². The molecule has 3 aromatic rings. The summed E-state index contributed by atoms with van der Waals surface area (Å²) in [4.78, 5) is 17.4. The number of amides is 1. The summed E-state index contributed by atoms with van der Waals surface area (Å²) in [6.07, 6.45) is 0. The first-order valence-corrected chi connectivity index (χ1v) is 9.18. The number of rotatable bonds is 3. The number of hydrogen-bond acceptors (Lipinski definition) is 5. The number of benzene rings is 2. The first-order chi connectivity index (χ1) is 12.7. The van der Waals surface area contributed by atoms with E-state index in [0.29, 0.717) is 30.2 Å². The molecule has 0 radical (unpaired) electrons. The zero-order valence-electron chi connectivity index (χ0n) is 14.5. The number of fused-ring (bicyclic) bond motifs is 2. The summed E-state index contributed by atoms with van der Waals surface area (Å²) < 4.78 is 19.5. The van der Waals surface area contributed by atoms with Crippen LogP contribution < -0.4 is 19.0 Å². The van der Waals surface area contributed by atoms with Crippen LogP contribution in [-0.2, 0) is 7.05 Å². The number of nitrogens with zero attached hydrogens (tertiary/aromatic N) is 2. The first-order valence-electron chi connectivity index (χ1n) is 8.37. The number of carbonyl (C=O) groups is 1. The van der Waals surface area contributed by atoms with Crippen LogP contribution in [0, 0.1) is 0 Å². The van der Waals surface area contributed by atoms with Crippen molar-refractivity contribution < 1.29 is 19.0 Å². The topological polar surface area (TPSA) is 62.0 Å². The van der Waals surface area contributed by atoms with Crippen LogP contribution in [0.1, 0.15) is 17.3 Å². The molecule has 4 rings (SSSR count). The monoisotopic (exact) mass is 370 g/mol. The van der Waals surface area contributed by atoms with Crippen molar-refractivity contribution in [2.24, 2.45) is 12.0 Å². The SMILES string of the molecule is CCOc1ccc(C(=O)N=c2sc3cc4c(cc3n2C)OCCO4)cc1. The lowest BCUT2D eigenvalue weighted by molar-refractivity contribution is 0.0998. The van der Waals surface area contributed by atoms with Gasteiger partial charge in [0, 0.05) is 24.7 Å². The van der Waals surface area contributed by atoms with E-state index in [-0.39, 0.29) is 5.91 Å². The molecule has 7 heteroatoms. The molecule has 26 heavy (non-hydrogen) atoms. The van der Waals surface area contributed by atoms with Crippen LogP contribution in [0.15, 0.2) is 41.4 Å². The molecule has 0 atom stereocenters. The van der Waals surface area contributed by atoms with Gasteiger partial charge in [0.1, 0.15) is 19.0 Å². The van der Waals surface area contributed by atoms with Crippen molar-refractivity contribution in [2.75, 3.05) is 19.8 Å². The van der Waals surface area contributed by atoms with Gasteiger partial charge in [-0.05, 0) is 31.2 Å². The van der Waals surface area contributed by atoms with Crippen LogP contribution in [0.25, 0.3) is 10.2 Å². The Labute approximate surface area is 154 Å². The molecule has 0 saturated heterocycles. The highest BCUT2D eigenvalue weighted by Crippen LogP contribution is 2.35. The summed E-state index contributed by atoms with van der Waals surface area (Å²) in [5.74, 6) is 1.91. The molecule has 1 aromatic heterocycles. The summed E-state index contributed by atoms with van der Waals surface area (Å²) >= 11 is 1.45. The Morgan fingerprint density at radius 2 is 1.88 bits per heavy atom. The predicted molar refractivity (Wildman–Crippen MR) is 99.3 cm³/mol. The van der Waals surface area contributed by atoms with E-state index in [1.807, 2.05) is 30.7 Å². The quantitative estimate of drug-likeness (QED) is 0.711. The fraction of sp³-hybridized carbons (Fsp3) is 0.263. The van der Waals surface area contributed by atoms with E-state index in [1.54, 1.807) is 24.3 Å². The lowest BCUT2D eigenvalue weighted by Gasteiger charge is -2.18. The van der Waals surface area contributed by atoms with E-state index in [4.69, 9.17) is 14.2 Å². The minimum atomic E-state index is -0.285. The lowest BCUT2D eigenvalue weighted by atomic mass is 10.2. The molecule has 0 N–H and O–H groups in total. The summed E-state index contributed by atoms with van der Waals surface area (Å²) in [6, 6.07) is 10.9. The minimum Gasteiger partial charge on any atom is -0.494 e. The van der Waals surface area contributed by atoms with Gasteiger partial charge in [-0.1, -0.05) is 11.3 Å². The molecular weight excluding hydrogens is 352 g/mol. The highest BCUT2D eigenvalue weighted by molar-refractivity contribution is 7.16. The van der Waals surface area contributed by atoms with Gasteiger partial charge in [0.15, 0.2) is 16.3 Å². The van der Waals surface area contributed by atoms with Crippen LogP contribution in [-0.4, -0.2) is 30.3 Å². The number of aryl methyl sites for hydroxylation is 1. The molecule has 1 aliphatic rings. The highest BCUT2D eigenvalue weighted by Gasteiger charge is 2.15. The van der Waals surface area contributed by atoms with E-state index in [2.05, 4.69) is 4.99 Å². The Morgan fingerprint density at radius 3 is 2.58 bits per heavy atom. The van der Waals surface area contributed by atoms with Crippen LogP contribution in [0.4, 0.5) is 0 Å². The van der Waals surface area contributed by atoms with E-state index < -0.39 is 0 Å². The van der Waals surface area contributed by atoms with Gasteiger partial charge < -0.3 is 18.8 Å². The van der Waals surface area contributed by atoms with Crippen molar-refractivity contribution >= 4 is 27.5 Å². The Balaban J connectivity index is 1.71. The molecule has 1 aliphatic heterocycles. The largest absolute Gasteiger partial charge is 0.494 e. The smallest absolute Gasteiger partial charge is 0.279 e. The standard InChI is InChI=1S/C19H18N2O4S/c1-3-23-13-6-4-12(5-7-13)18(22)20-19-21(2)14-10-15-16(11-17(14)26-19)25-9-8-24-15/h4-7,10-11H,3,8-9H2,1-2H3. The van der Waals surface area contributed by atoms with Gasteiger partial charge >= 0.3 is 0 Å². The van der Waals surface area contributed by atoms with Gasteiger partial charge in [-0.3, -0.25) is 4.79 Å². The average Bonchev–Trinajstić information content (AvgIpc) is 2.95. The molecule has 0 unspecified atom stereocenters. The number of aromatic nitrogens is 1.